The number of hydrazone groups is 1. The Labute approximate surface area is 292 Å². The van der Waals surface area contributed by atoms with Gasteiger partial charge in [0.1, 0.15) is 6.67 Å². The molecule has 7 aromatic rings. The molecule has 2 heterocycles. The summed E-state index contributed by atoms with van der Waals surface area (Å²) in [6.45, 7) is 4.32. The van der Waals surface area contributed by atoms with Crippen LogP contribution >= 0.6 is 0 Å². The molecule has 6 aromatic carbocycles. The summed E-state index contributed by atoms with van der Waals surface area (Å²) >= 11 is 0. The van der Waals surface area contributed by atoms with Crippen LogP contribution < -0.4 is 9.80 Å². The molecule has 0 bridgehead atoms. The largest absolute Gasteiger partial charge is 0.322 e. The lowest BCUT2D eigenvalue weighted by Crippen LogP contribution is -2.29. The number of hydrogen-bond donors (Lipinski definition) is 0. The molecule has 1 atom stereocenters. The summed E-state index contributed by atoms with van der Waals surface area (Å²) in [6, 6.07) is 52.7. The van der Waals surface area contributed by atoms with Crippen LogP contribution in [0.2, 0.25) is 0 Å². The van der Waals surface area contributed by atoms with Crippen LogP contribution in [0.15, 0.2) is 175 Å². The summed E-state index contributed by atoms with van der Waals surface area (Å²) in [7, 11) is 1.94. The van der Waals surface area contributed by atoms with E-state index in [-0.39, 0.29) is 0 Å². The fraction of sp³-hybridized carbons (Fsp3) is 0.0889. The third-order valence-corrected chi connectivity index (χ3v) is 10.1. The van der Waals surface area contributed by atoms with E-state index in [4.69, 9.17) is 0 Å². The maximum absolute atomic E-state index is 4.13. The van der Waals surface area contributed by atoms with Gasteiger partial charge in [0.25, 0.3) is 0 Å². The van der Waals surface area contributed by atoms with Crippen molar-refractivity contribution in [1.29, 1.82) is 0 Å². The smallest absolute Gasteiger partial charge is 0.111 e. The minimum Gasteiger partial charge on any atom is -0.322 e. The molecule has 0 spiro atoms. The van der Waals surface area contributed by atoms with Crippen LogP contribution in [0, 0.1) is 0 Å². The number of hydrogen-bond acceptors (Lipinski definition) is 4. The van der Waals surface area contributed by atoms with Gasteiger partial charge in [-0.05, 0) is 95.9 Å². The molecule has 0 N–H and O–H groups in total. The molecule has 0 saturated heterocycles. The Morgan fingerprint density at radius 2 is 1.44 bits per heavy atom. The molecule has 2 aliphatic rings. The quantitative estimate of drug-likeness (QED) is 0.0933. The van der Waals surface area contributed by atoms with E-state index in [0.29, 0.717) is 12.6 Å². The van der Waals surface area contributed by atoms with Crippen LogP contribution in [-0.4, -0.2) is 30.0 Å². The van der Waals surface area contributed by atoms with Crippen LogP contribution in [0.5, 0.6) is 0 Å². The Balaban J connectivity index is 1.16. The van der Waals surface area contributed by atoms with E-state index in [0.717, 1.165) is 23.5 Å². The molecule has 0 radical (unpaired) electrons. The van der Waals surface area contributed by atoms with Crippen LogP contribution in [0.4, 0.5) is 22.7 Å². The maximum Gasteiger partial charge on any atom is 0.111 e. The van der Waals surface area contributed by atoms with E-state index in [2.05, 4.69) is 184 Å². The van der Waals surface area contributed by atoms with Crippen LogP contribution in [0.1, 0.15) is 17.9 Å². The van der Waals surface area contributed by atoms with Crippen LogP contribution in [-0.2, 0) is 0 Å². The minimum atomic E-state index is 0.327. The van der Waals surface area contributed by atoms with Crippen molar-refractivity contribution in [2.24, 2.45) is 5.10 Å². The summed E-state index contributed by atoms with van der Waals surface area (Å²) < 4.78 is 2.39. The molecule has 5 heteroatoms. The molecular formula is C45H37N5. The van der Waals surface area contributed by atoms with Gasteiger partial charge in [-0.3, -0.25) is 5.01 Å². The van der Waals surface area contributed by atoms with Crippen molar-refractivity contribution in [2.45, 2.75) is 12.3 Å². The number of rotatable bonds is 8. The zero-order valence-corrected chi connectivity index (χ0v) is 28.0. The average molecular weight is 648 g/mol. The second-order valence-corrected chi connectivity index (χ2v) is 13.0. The van der Waals surface area contributed by atoms with Crippen LogP contribution in [0.25, 0.3) is 38.6 Å². The second kappa shape index (κ2) is 12.3. The van der Waals surface area contributed by atoms with E-state index in [1.165, 1.54) is 55.6 Å². The first-order valence-corrected chi connectivity index (χ1v) is 17.2. The van der Waals surface area contributed by atoms with Gasteiger partial charge in [-0.2, -0.15) is 5.10 Å². The van der Waals surface area contributed by atoms with Gasteiger partial charge in [0, 0.05) is 58.9 Å². The molecule has 5 nitrogen and oxygen atoms in total. The maximum atomic E-state index is 4.13. The molecule has 1 aliphatic carbocycles. The lowest BCUT2D eigenvalue weighted by molar-refractivity contribution is 0.366. The third kappa shape index (κ3) is 4.89. The van der Waals surface area contributed by atoms with Crippen LogP contribution in [0.3, 0.4) is 0 Å². The normalized spacial score (nSPS) is 14.8. The van der Waals surface area contributed by atoms with Gasteiger partial charge < -0.3 is 14.4 Å². The van der Waals surface area contributed by atoms with Gasteiger partial charge in [-0.25, -0.2) is 0 Å². The van der Waals surface area contributed by atoms with Crippen molar-refractivity contribution >= 4 is 51.3 Å². The number of anilines is 4. The van der Waals surface area contributed by atoms with E-state index < -0.39 is 0 Å². The van der Waals surface area contributed by atoms with Crippen molar-refractivity contribution < 1.29 is 0 Å². The highest BCUT2D eigenvalue weighted by Crippen LogP contribution is 2.52. The van der Waals surface area contributed by atoms with Gasteiger partial charge in [-0.1, -0.05) is 91.0 Å². The Hall–Kier alpha value is -6.33. The number of nitrogens with zero attached hydrogens (tertiary/aromatic N) is 5. The molecule has 0 fully saturated rings. The van der Waals surface area contributed by atoms with Gasteiger partial charge in [0.05, 0.1) is 16.7 Å². The highest BCUT2D eigenvalue weighted by molar-refractivity contribution is 6.16. The van der Waals surface area contributed by atoms with Crippen molar-refractivity contribution in [3.63, 3.8) is 0 Å². The number of allylic oxidation sites excluding steroid dienone is 4. The fourth-order valence-electron chi connectivity index (χ4n) is 7.83. The van der Waals surface area contributed by atoms with E-state index in [1.54, 1.807) is 0 Å². The molecule has 50 heavy (non-hydrogen) atoms. The summed E-state index contributed by atoms with van der Waals surface area (Å²) in [5.74, 6) is 0.327. The van der Waals surface area contributed by atoms with Crippen molar-refractivity contribution in [1.82, 2.24) is 9.58 Å². The lowest BCUT2D eigenvalue weighted by Gasteiger charge is -2.29. The lowest BCUT2D eigenvalue weighted by atomic mass is 9.90. The Morgan fingerprint density at radius 1 is 0.720 bits per heavy atom. The van der Waals surface area contributed by atoms with Gasteiger partial charge in [-0.15, -0.1) is 0 Å². The molecule has 0 amide bonds. The Bertz CT molecular complexity index is 2420. The molecule has 1 aliphatic heterocycles. The van der Waals surface area contributed by atoms with Crippen molar-refractivity contribution in [2.75, 3.05) is 23.5 Å². The molecule has 1 unspecified atom stereocenters. The Kier molecular flexibility index (Phi) is 7.32. The first-order chi connectivity index (χ1) is 24.7. The standard InChI is InChI=1S/C45H37N5/c1-46-47(2)31-48(33-14-5-3-6-15-33)34-25-27-36(28-26-34)50-41-21-11-9-18-38(41)39-29-24-32(30-44(39)50)37-20-13-23-43-45(37)40-19-10-12-22-42(40)49(43)35-16-7-4-8-17-35/h3-17,19-30,38H,1,18,31H2,2H3. The van der Waals surface area contributed by atoms with Gasteiger partial charge in [0.15, 0.2) is 0 Å². The highest BCUT2D eigenvalue weighted by Gasteiger charge is 2.35. The summed E-state index contributed by atoms with van der Waals surface area (Å²) in [6.07, 6.45) is 7.78. The third-order valence-electron chi connectivity index (χ3n) is 10.1. The summed E-state index contributed by atoms with van der Waals surface area (Å²) in [4.78, 5) is 4.72. The zero-order chi connectivity index (χ0) is 33.6. The molecule has 9 rings (SSSR count). The van der Waals surface area contributed by atoms with Crippen molar-refractivity contribution in [3.05, 3.63) is 175 Å². The first kappa shape index (κ1) is 29.8. The SMILES string of the molecule is C=NN(C)CN(c1ccccc1)c1ccc(N2C3=CC=CCC3c3ccc(-c4cccc5c4c4ccccc4n5-c4ccccc4)cc32)cc1. The monoisotopic (exact) mass is 647 g/mol. The molecule has 0 saturated carbocycles. The molecular weight excluding hydrogens is 611 g/mol. The van der Waals surface area contributed by atoms with Gasteiger partial charge >= 0.3 is 0 Å². The Morgan fingerprint density at radius 3 is 2.24 bits per heavy atom. The fourth-order valence-corrected chi connectivity index (χ4v) is 7.83. The molecule has 242 valence electrons. The van der Waals surface area contributed by atoms with Gasteiger partial charge in [0.2, 0.25) is 0 Å². The zero-order valence-electron chi connectivity index (χ0n) is 28.0. The minimum absolute atomic E-state index is 0.327. The summed E-state index contributed by atoms with van der Waals surface area (Å²) in [5, 5.41) is 8.52. The van der Waals surface area contributed by atoms with Crippen molar-refractivity contribution in [3.8, 4) is 16.8 Å². The number of para-hydroxylation sites is 3. The number of benzene rings is 6. The van der Waals surface area contributed by atoms with E-state index in [9.17, 15) is 0 Å². The van der Waals surface area contributed by atoms with E-state index >= 15 is 0 Å². The number of aromatic nitrogens is 1. The van der Waals surface area contributed by atoms with E-state index in [1.807, 2.05) is 18.1 Å². The predicted molar refractivity (Wildman–Crippen MR) is 210 cm³/mol. The average Bonchev–Trinajstić information content (AvgIpc) is 3.70. The number of fused-ring (bicyclic) bond motifs is 6. The molecule has 1 aromatic heterocycles. The first-order valence-electron chi connectivity index (χ1n) is 17.2. The summed E-state index contributed by atoms with van der Waals surface area (Å²) in [5.41, 5.74) is 13.3. The predicted octanol–water partition coefficient (Wildman–Crippen LogP) is 11.2. The second-order valence-electron chi connectivity index (χ2n) is 13.0. The topological polar surface area (TPSA) is 27.0 Å². The highest BCUT2D eigenvalue weighted by atomic mass is 15.5.